The number of hydrogen-bond donors (Lipinski definition) is 0. The van der Waals surface area contributed by atoms with Crippen LogP contribution in [0, 0.1) is 11.8 Å². The Balaban J connectivity index is 2.34. The Bertz CT molecular complexity index is 232. The molecule has 1 fully saturated rings. The van der Waals surface area contributed by atoms with E-state index in [9.17, 15) is 4.79 Å². The lowest BCUT2D eigenvalue weighted by molar-refractivity contribution is -0.118. The second-order valence-electron chi connectivity index (χ2n) is 3.20. The Labute approximate surface area is 75.4 Å². The third kappa shape index (κ3) is 0.944. The van der Waals surface area contributed by atoms with Crippen LogP contribution in [0.25, 0.3) is 0 Å². The number of allylic oxidation sites excluding steroid dienone is 2. The summed E-state index contributed by atoms with van der Waals surface area (Å²) in [4.78, 5) is 11.2. The van der Waals surface area contributed by atoms with Gasteiger partial charge >= 0.3 is 0 Å². The molecule has 3 heteroatoms. The molecule has 1 saturated carbocycles. The normalized spacial score (nSPS) is 39.6. The quantitative estimate of drug-likeness (QED) is 0.424. The summed E-state index contributed by atoms with van der Waals surface area (Å²) in [5.41, 5.74) is 0. The van der Waals surface area contributed by atoms with Crippen molar-refractivity contribution >= 4 is 29.0 Å². The van der Waals surface area contributed by atoms with Crippen molar-refractivity contribution in [2.45, 2.75) is 17.2 Å². The molecule has 0 heterocycles. The van der Waals surface area contributed by atoms with Crippen molar-refractivity contribution < 1.29 is 4.79 Å². The maximum Gasteiger partial charge on any atom is 0.182 e. The van der Waals surface area contributed by atoms with Crippen LogP contribution in [0.15, 0.2) is 12.2 Å². The van der Waals surface area contributed by atoms with Crippen molar-refractivity contribution in [3.05, 3.63) is 12.2 Å². The Morgan fingerprint density at radius 1 is 1.55 bits per heavy atom. The first-order valence-electron chi connectivity index (χ1n) is 3.70. The molecule has 2 aliphatic rings. The minimum absolute atomic E-state index is 0.0137. The monoisotopic (exact) mass is 190 g/mol. The molecule has 2 atom stereocenters. The molecule has 2 rings (SSSR count). The van der Waals surface area contributed by atoms with Crippen LogP contribution in [-0.4, -0.2) is 10.1 Å². The van der Waals surface area contributed by atoms with Crippen molar-refractivity contribution in [1.82, 2.24) is 0 Å². The molecule has 0 bridgehead atoms. The van der Waals surface area contributed by atoms with Gasteiger partial charge < -0.3 is 0 Å². The SMILES string of the molecule is O=C1C[C@@H]2CC=C[C@@H]2C1(Cl)Cl. The summed E-state index contributed by atoms with van der Waals surface area (Å²) in [6.07, 6.45) is 5.53. The summed E-state index contributed by atoms with van der Waals surface area (Å²) in [5, 5.41) is 0. The van der Waals surface area contributed by atoms with Crippen molar-refractivity contribution in [3.63, 3.8) is 0 Å². The van der Waals surface area contributed by atoms with Crippen LogP contribution in [0.3, 0.4) is 0 Å². The van der Waals surface area contributed by atoms with E-state index < -0.39 is 4.33 Å². The number of fused-ring (bicyclic) bond motifs is 1. The molecule has 0 saturated heterocycles. The fourth-order valence-corrected chi connectivity index (χ4v) is 2.55. The van der Waals surface area contributed by atoms with Gasteiger partial charge in [0.25, 0.3) is 0 Å². The summed E-state index contributed by atoms with van der Waals surface area (Å²) in [7, 11) is 0. The van der Waals surface area contributed by atoms with E-state index >= 15 is 0 Å². The van der Waals surface area contributed by atoms with E-state index in [1.165, 1.54) is 0 Å². The molecule has 1 nitrogen and oxygen atoms in total. The van der Waals surface area contributed by atoms with Gasteiger partial charge in [-0.05, 0) is 12.3 Å². The molecular weight excluding hydrogens is 183 g/mol. The minimum Gasteiger partial charge on any atom is -0.296 e. The number of alkyl halides is 2. The summed E-state index contributed by atoms with van der Waals surface area (Å²) < 4.78 is -1.13. The molecule has 0 N–H and O–H groups in total. The highest BCUT2D eigenvalue weighted by molar-refractivity contribution is 6.59. The average molecular weight is 191 g/mol. The minimum atomic E-state index is -1.13. The molecule has 11 heavy (non-hydrogen) atoms. The lowest BCUT2D eigenvalue weighted by Crippen LogP contribution is -2.25. The second-order valence-corrected chi connectivity index (χ2v) is 4.59. The Hall–Kier alpha value is -0.0100. The van der Waals surface area contributed by atoms with Crippen LogP contribution in [0.2, 0.25) is 0 Å². The summed E-state index contributed by atoms with van der Waals surface area (Å²) >= 11 is 11.8. The van der Waals surface area contributed by atoms with E-state index in [1.54, 1.807) is 0 Å². The predicted molar refractivity (Wildman–Crippen MR) is 44.8 cm³/mol. The van der Waals surface area contributed by atoms with Crippen molar-refractivity contribution in [2.24, 2.45) is 11.8 Å². The summed E-state index contributed by atoms with van der Waals surface area (Å²) in [5.74, 6) is 0.427. The van der Waals surface area contributed by atoms with Gasteiger partial charge in [0.15, 0.2) is 10.1 Å². The molecule has 60 valence electrons. The molecule has 2 aliphatic carbocycles. The predicted octanol–water partition coefficient (Wildman–Crippen LogP) is 2.33. The number of halogens is 2. The highest BCUT2D eigenvalue weighted by Gasteiger charge is 2.52. The standard InChI is InChI=1S/C8H8Cl2O/c9-8(10)6-3-1-2-5(6)4-7(8)11/h1,3,5-6H,2,4H2/t5-,6-/m0/s1. The first kappa shape index (κ1) is 7.63. The van der Waals surface area contributed by atoms with E-state index in [0.29, 0.717) is 12.3 Å². The smallest absolute Gasteiger partial charge is 0.182 e. The van der Waals surface area contributed by atoms with Gasteiger partial charge in [-0.3, -0.25) is 4.79 Å². The first-order valence-corrected chi connectivity index (χ1v) is 4.45. The van der Waals surface area contributed by atoms with Gasteiger partial charge in [-0.15, -0.1) is 0 Å². The van der Waals surface area contributed by atoms with Gasteiger partial charge in [-0.25, -0.2) is 0 Å². The van der Waals surface area contributed by atoms with Crippen LogP contribution in [0.5, 0.6) is 0 Å². The van der Waals surface area contributed by atoms with E-state index in [2.05, 4.69) is 6.08 Å². The lowest BCUT2D eigenvalue weighted by atomic mass is 10.00. The summed E-state index contributed by atoms with van der Waals surface area (Å²) in [6.45, 7) is 0. The van der Waals surface area contributed by atoms with Crippen molar-refractivity contribution in [2.75, 3.05) is 0 Å². The van der Waals surface area contributed by atoms with Crippen LogP contribution in [0.4, 0.5) is 0 Å². The number of ketones is 1. The molecular formula is C8H8Cl2O. The van der Waals surface area contributed by atoms with Crippen molar-refractivity contribution in [1.29, 1.82) is 0 Å². The van der Waals surface area contributed by atoms with Gasteiger partial charge in [-0.2, -0.15) is 0 Å². The maximum absolute atomic E-state index is 11.2. The third-order valence-electron chi connectivity index (χ3n) is 2.53. The highest BCUT2D eigenvalue weighted by Crippen LogP contribution is 2.50. The Morgan fingerprint density at radius 2 is 2.27 bits per heavy atom. The molecule has 0 amide bonds. The number of carbonyl (C=O) groups is 1. The topological polar surface area (TPSA) is 17.1 Å². The Kier molecular flexibility index (Phi) is 1.55. The molecule has 0 spiro atoms. The van der Waals surface area contributed by atoms with Crippen molar-refractivity contribution in [3.8, 4) is 0 Å². The lowest BCUT2D eigenvalue weighted by Gasteiger charge is -2.17. The van der Waals surface area contributed by atoms with Crippen LogP contribution in [-0.2, 0) is 4.79 Å². The highest BCUT2D eigenvalue weighted by atomic mass is 35.5. The van der Waals surface area contributed by atoms with Crippen LogP contribution < -0.4 is 0 Å². The molecule has 0 aromatic heterocycles. The van der Waals surface area contributed by atoms with E-state index in [4.69, 9.17) is 23.2 Å². The van der Waals surface area contributed by atoms with E-state index in [-0.39, 0.29) is 11.7 Å². The summed E-state index contributed by atoms with van der Waals surface area (Å²) in [6, 6.07) is 0. The second kappa shape index (κ2) is 2.24. The van der Waals surface area contributed by atoms with Gasteiger partial charge in [0.05, 0.1) is 0 Å². The fourth-order valence-electron chi connectivity index (χ4n) is 1.89. The molecule has 0 radical (unpaired) electrons. The molecule has 0 aromatic carbocycles. The molecule has 0 aromatic rings. The average Bonchev–Trinajstić information content (AvgIpc) is 2.41. The first-order chi connectivity index (χ1) is 5.12. The zero-order valence-electron chi connectivity index (χ0n) is 5.89. The van der Waals surface area contributed by atoms with Crippen LogP contribution >= 0.6 is 23.2 Å². The molecule has 0 aliphatic heterocycles. The van der Waals surface area contributed by atoms with Gasteiger partial charge in [-0.1, -0.05) is 35.4 Å². The Morgan fingerprint density at radius 3 is 2.91 bits per heavy atom. The number of rotatable bonds is 0. The number of Topliss-reactive ketones (excluding diaryl/α,β-unsaturated/α-hetero) is 1. The zero-order chi connectivity index (χ0) is 8.06. The van der Waals surface area contributed by atoms with E-state index in [0.717, 1.165) is 6.42 Å². The van der Waals surface area contributed by atoms with Gasteiger partial charge in [0, 0.05) is 12.3 Å². The number of carbonyl (C=O) groups excluding carboxylic acids is 1. The maximum atomic E-state index is 11.2. The zero-order valence-corrected chi connectivity index (χ0v) is 7.40. The third-order valence-corrected chi connectivity index (χ3v) is 3.45. The molecule has 0 unspecified atom stereocenters. The largest absolute Gasteiger partial charge is 0.296 e. The van der Waals surface area contributed by atoms with Crippen LogP contribution in [0.1, 0.15) is 12.8 Å². The fraction of sp³-hybridized carbons (Fsp3) is 0.625. The van der Waals surface area contributed by atoms with E-state index in [1.807, 2.05) is 6.08 Å². The van der Waals surface area contributed by atoms with Gasteiger partial charge in [0.1, 0.15) is 0 Å². The van der Waals surface area contributed by atoms with Gasteiger partial charge in [0.2, 0.25) is 0 Å². The number of hydrogen-bond acceptors (Lipinski definition) is 1.